The van der Waals surface area contributed by atoms with Gasteiger partial charge in [-0.2, -0.15) is 0 Å². The van der Waals surface area contributed by atoms with Crippen LogP contribution in [0.2, 0.25) is 0 Å². The van der Waals surface area contributed by atoms with E-state index in [4.69, 9.17) is 0 Å². The lowest BCUT2D eigenvalue weighted by Crippen LogP contribution is -2.30. The van der Waals surface area contributed by atoms with Gasteiger partial charge in [-0.1, -0.05) is 6.07 Å². The van der Waals surface area contributed by atoms with Crippen LogP contribution in [-0.2, 0) is 20.0 Å². The highest BCUT2D eigenvalue weighted by Crippen LogP contribution is 2.16. The van der Waals surface area contributed by atoms with Crippen molar-refractivity contribution in [1.29, 1.82) is 0 Å². The summed E-state index contributed by atoms with van der Waals surface area (Å²) in [5.41, 5.74) is 0.539. The maximum Gasteiger partial charge on any atom is 0.255 e. The molecule has 2 rings (SSSR count). The molecule has 146 valence electrons. The van der Waals surface area contributed by atoms with Gasteiger partial charge in [0, 0.05) is 17.3 Å². The molecule has 10 heteroatoms. The summed E-state index contributed by atoms with van der Waals surface area (Å²) in [5, 5.41) is 2.60. The van der Waals surface area contributed by atoms with Gasteiger partial charge < -0.3 is 5.32 Å². The molecule has 0 aliphatic heterocycles. The normalized spacial score (nSPS) is 12.1. The third kappa shape index (κ3) is 5.36. The van der Waals surface area contributed by atoms with Crippen LogP contribution >= 0.6 is 0 Å². The van der Waals surface area contributed by atoms with Crippen LogP contribution in [0.1, 0.15) is 24.2 Å². The predicted molar refractivity (Wildman–Crippen MR) is 103 cm³/mol. The fourth-order valence-corrected chi connectivity index (χ4v) is 4.25. The smallest absolute Gasteiger partial charge is 0.255 e. The van der Waals surface area contributed by atoms with E-state index in [0.717, 1.165) is 0 Å². The highest BCUT2D eigenvalue weighted by Gasteiger charge is 2.17. The zero-order chi connectivity index (χ0) is 20.2. The molecule has 1 amide bonds. The monoisotopic (exact) mass is 411 g/mol. The van der Waals surface area contributed by atoms with Gasteiger partial charge in [0.15, 0.2) is 0 Å². The van der Waals surface area contributed by atoms with Crippen molar-refractivity contribution in [3.63, 3.8) is 0 Å². The van der Waals surface area contributed by atoms with Gasteiger partial charge in [0.1, 0.15) is 0 Å². The number of benzene rings is 2. The van der Waals surface area contributed by atoms with Crippen LogP contribution in [0.3, 0.4) is 0 Å². The molecule has 0 radical (unpaired) electrons. The van der Waals surface area contributed by atoms with Crippen molar-refractivity contribution >= 4 is 31.6 Å². The SMILES string of the molecule is CNS(=O)(=O)c1ccc(NC(=O)c2cccc(S(=O)(=O)NC(C)C)c2)cc1. The van der Waals surface area contributed by atoms with Crippen LogP contribution in [0.15, 0.2) is 58.3 Å². The Hall–Kier alpha value is -2.27. The number of carbonyl (C=O) groups excluding carboxylic acids is 1. The van der Waals surface area contributed by atoms with Gasteiger partial charge >= 0.3 is 0 Å². The minimum absolute atomic E-state index is 0.0145. The summed E-state index contributed by atoms with van der Waals surface area (Å²) in [4.78, 5) is 12.4. The van der Waals surface area contributed by atoms with E-state index in [2.05, 4.69) is 14.8 Å². The first-order chi connectivity index (χ1) is 12.5. The maximum absolute atomic E-state index is 12.4. The number of rotatable bonds is 7. The second-order valence-electron chi connectivity index (χ2n) is 5.99. The molecule has 2 aromatic carbocycles. The molecule has 2 aromatic rings. The van der Waals surface area contributed by atoms with E-state index in [9.17, 15) is 21.6 Å². The molecule has 0 saturated heterocycles. The molecule has 3 N–H and O–H groups in total. The van der Waals surface area contributed by atoms with E-state index in [0.29, 0.717) is 5.69 Å². The molecule has 0 aliphatic rings. The first-order valence-corrected chi connectivity index (χ1v) is 11.0. The summed E-state index contributed by atoms with van der Waals surface area (Å²) < 4.78 is 52.5. The second-order valence-corrected chi connectivity index (χ2v) is 9.59. The first-order valence-electron chi connectivity index (χ1n) is 8.02. The molecule has 0 unspecified atom stereocenters. The van der Waals surface area contributed by atoms with E-state index < -0.39 is 26.0 Å². The minimum Gasteiger partial charge on any atom is -0.322 e. The molecule has 0 atom stereocenters. The molecule has 0 fully saturated rings. The quantitative estimate of drug-likeness (QED) is 0.638. The van der Waals surface area contributed by atoms with Gasteiger partial charge in [-0.05, 0) is 63.4 Å². The zero-order valence-corrected chi connectivity index (χ0v) is 16.7. The van der Waals surface area contributed by atoms with E-state index >= 15 is 0 Å². The van der Waals surface area contributed by atoms with Crippen molar-refractivity contribution in [2.45, 2.75) is 29.7 Å². The minimum atomic E-state index is -3.72. The Kier molecular flexibility index (Phi) is 6.37. The molecule has 8 nitrogen and oxygen atoms in total. The third-order valence-corrected chi connectivity index (χ3v) is 6.58. The largest absolute Gasteiger partial charge is 0.322 e. The number of amides is 1. The van der Waals surface area contributed by atoms with E-state index in [-0.39, 0.29) is 21.4 Å². The van der Waals surface area contributed by atoms with Crippen molar-refractivity contribution in [2.24, 2.45) is 0 Å². The summed E-state index contributed by atoms with van der Waals surface area (Å²) in [7, 11) is -5.98. The number of hydrogen-bond acceptors (Lipinski definition) is 5. The first kappa shape index (κ1) is 21.0. The van der Waals surface area contributed by atoms with E-state index in [1.807, 2.05) is 0 Å². The summed E-state index contributed by atoms with van der Waals surface area (Å²) in [5.74, 6) is -0.513. The lowest BCUT2D eigenvalue weighted by atomic mass is 10.2. The van der Waals surface area contributed by atoms with Gasteiger partial charge in [-0.3, -0.25) is 4.79 Å². The van der Waals surface area contributed by atoms with Crippen LogP contribution in [-0.4, -0.2) is 35.8 Å². The lowest BCUT2D eigenvalue weighted by molar-refractivity contribution is 0.102. The van der Waals surface area contributed by atoms with Crippen LogP contribution in [0.5, 0.6) is 0 Å². The lowest BCUT2D eigenvalue weighted by Gasteiger charge is -2.11. The topological polar surface area (TPSA) is 121 Å². The second kappa shape index (κ2) is 8.17. The summed E-state index contributed by atoms with van der Waals surface area (Å²) >= 11 is 0. The van der Waals surface area contributed by atoms with Crippen molar-refractivity contribution in [3.8, 4) is 0 Å². The van der Waals surface area contributed by atoms with Gasteiger partial charge in [-0.15, -0.1) is 0 Å². The zero-order valence-electron chi connectivity index (χ0n) is 15.1. The van der Waals surface area contributed by atoms with Crippen LogP contribution in [0.4, 0.5) is 5.69 Å². The Morgan fingerprint density at radius 3 is 2.07 bits per heavy atom. The van der Waals surface area contributed by atoms with Gasteiger partial charge in [0.05, 0.1) is 9.79 Å². The Morgan fingerprint density at radius 1 is 0.889 bits per heavy atom. The van der Waals surface area contributed by atoms with Gasteiger partial charge in [0.25, 0.3) is 5.91 Å². The van der Waals surface area contributed by atoms with Crippen LogP contribution < -0.4 is 14.8 Å². The fraction of sp³-hybridized carbons (Fsp3) is 0.235. The molecule has 0 aromatic heterocycles. The van der Waals surface area contributed by atoms with Crippen molar-refractivity contribution in [1.82, 2.24) is 9.44 Å². The molecule has 0 aliphatic carbocycles. The molecule has 0 bridgehead atoms. The van der Waals surface area contributed by atoms with E-state index in [1.165, 1.54) is 55.6 Å². The number of nitrogens with one attached hydrogen (secondary N) is 3. The fourth-order valence-electron chi connectivity index (χ4n) is 2.22. The van der Waals surface area contributed by atoms with Crippen molar-refractivity contribution in [2.75, 3.05) is 12.4 Å². The third-order valence-electron chi connectivity index (χ3n) is 3.49. The molecular weight excluding hydrogens is 390 g/mol. The molecule has 0 saturated carbocycles. The van der Waals surface area contributed by atoms with Crippen LogP contribution in [0.25, 0.3) is 0 Å². The Balaban J connectivity index is 2.21. The van der Waals surface area contributed by atoms with Gasteiger partial charge in [0.2, 0.25) is 20.0 Å². The average Bonchev–Trinajstić information content (AvgIpc) is 2.61. The molecule has 0 spiro atoms. The summed E-state index contributed by atoms with van der Waals surface area (Å²) in [6.07, 6.45) is 0. The number of hydrogen-bond donors (Lipinski definition) is 3. The molecule has 27 heavy (non-hydrogen) atoms. The Bertz CT molecular complexity index is 1030. The number of carbonyl (C=O) groups is 1. The van der Waals surface area contributed by atoms with Gasteiger partial charge in [-0.25, -0.2) is 26.3 Å². The molecular formula is C17H21N3O5S2. The highest BCUT2D eigenvalue weighted by atomic mass is 32.2. The predicted octanol–water partition coefficient (Wildman–Crippen LogP) is 1.53. The van der Waals surface area contributed by atoms with E-state index in [1.54, 1.807) is 13.8 Å². The number of anilines is 1. The standard InChI is InChI=1S/C17H21N3O5S2/c1-12(2)20-27(24,25)16-6-4-5-13(11-16)17(21)19-14-7-9-15(10-8-14)26(22,23)18-3/h4-12,18,20H,1-3H3,(H,19,21). The maximum atomic E-state index is 12.4. The number of sulfonamides is 2. The Labute approximate surface area is 159 Å². The summed E-state index contributed by atoms with van der Waals surface area (Å²) in [6.45, 7) is 3.40. The Morgan fingerprint density at radius 2 is 1.52 bits per heavy atom. The van der Waals surface area contributed by atoms with Crippen LogP contribution in [0, 0.1) is 0 Å². The molecule has 0 heterocycles. The van der Waals surface area contributed by atoms with Crippen molar-refractivity contribution < 1.29 is 21.6 Å². The highest BCUT2D eigenvalue weighted by molar-refractivity contribution is 7.89. The van der Waals surface area contributed by atoms with Crippen molar-refractivity contribution in [3.05, 3.63) is 54.1 Å². The average molecular weight is 412 g/mol. The summed E-state index contributed by atoms with van der Waals surface area (Å²) in [6, 6.07) is 11.0.